The van der Waals surface area contributed by atoms with E-state index in [-0.39, 0.29) is 11.0 Å². The Morgan fingerprint density at radius 3 is 2.21 bits per heavy atom. The Labute approximate surface area is 114 Å². The maximum Gasteiger partial charge on any atom is 0.126 e. The third-order valence-electron chi connectivity index (χ3n) is 4.10. The molecule has 0 spiro atoms. The molecule has 0 saturated heterocycles. The molecular weight excluding hydrogens is 244 g/mol. The van der Waals surface area contributed by atoms with Gasteiger partial charge in [-0.05, 0) is 50.8 Å². The first kappa shape index (κ1) is 14.4. The standard InChI is InChI=1S/C16H23F2N/c1-5-11-9-16(11,10-19-15(2,3)4)12-6-13(17)8-14(18)7-12/h6-8,11,19H,5,9-10H2,1-4H3. The average Bonchev–Trinajstić information content (AvgIpc) is 2.99. The fourth-order valence-electron chi connectivity index (χ4n) is 2.85. The molecule has 0 bridgehead atoms. The molecule has 1 N–H and O–H groups in total. The lowest BCUT2D eigenvalue weighted by atomic mass is 9.91. The highest BCUT2D eigenvalue weighted by Crippen LogP contribution is 2.56. The summed E-state index contributed by atoms with van der Waals surface area (Å²) in [5.41, 5.74) is 0.721. The van der Waals surface area contributed by atoms with Crippen LogP contribution in [0, 0.1) is 17.6 Å². The summed E-state index contributed by atoms with van der Waals surface area (Å²) < 4.78 is 26.9. The van der Waals surface area contributed by atoms with Crippen LogP contribution in [0.5, 0.6) is 0 Å². The molecule has 19 heavy (non-hydrogen) atoms. The van der Waals surface area contributed by atoms with Crippen LogP contribution in [0.2, 0.25) is 0 Å². The van der Waals surface area contributed by atoms with Gasteiger partial charge >= 0.3 is 0 Å². The van der Waals surface area contributed by atoms with Gasteiger partial charge in [0.1, 0.15) is 11.6 Å². The fraction of sp³-hybridized carbons (Fsp3) is 0.625. The molecule has 1 aromatic rings. The largest absolute Gasteiger partial charge is 0.311 e. The molecule has 0 aromatic heterocycles. The zero-order valence-corrected chi connectivity index (χ0v) is 12.2. The van der Waals surface area contributed by atoms with E-state index in [0.717, 1.165) is 31.0 Å². The third kappa shape index (κ3) is 3.14. The van der Waals surface area contributed by atoms with Crippen LogP contribution in [-0.2, 0) is 5.41 Å². The Morgan fingerprint density at radius 1 is 1.21 bits per heavy atom. The highest BCUT2D eigenvalue weighted by atomic mass is 19.1. The van der Waals surface area contributed by atoms with Gasteiger partial charge in [-0.25, -0.2) is 8.78 Å². The lowest BCUT2D eigenvalue weighted by Gasteiger charge is -2.26. The van der Waals surface area contributed by atoms with Crippen molar-refractivity contribution in [1.82, 2.24) is 5.32 Å². The van der Waals surface area contributed by atoms with Crippen LogP contribution >= 0.6 is 0 Å². The minimum absolute atomic E-state index is 0.0136. The van der Waals surface area contributed by atoms with Gasteiger partial charge < -0.3 is 5.32 Å². The molecule has 1 aliphatic carbocycles. The van der Waals surface area contributed by atoms with Crippen molar-refractivity contribution < 1.29 is 8.78 Å². The van der Waals surface area contributed by atoms with Crippen molar-refractivity contribution in [2.75, 3.05) is 6.54 Å². The molecule has 3 heteroatoms. The first-order chi connectivity index (χ1) is 8.77. The van der Waals surface area contributed by atoms with E-state index in [1.54, 1.807) is 0 Å². The number of nitrogens with one attached hydrogen (secondary N) is 1. The smallest absolute Gasteiger partial charge is 0.126 e. The van der Waals surface area contributed by atoms with Crippen molar-refractivity contribution in [2.45, 2.75) is 51.5 Å². The molecule has 2 atom stereocenters. The first-order valence-corrected chi connectivity index (χ1v) is 6.98. The second-order valence-electron chi connectivity index (χ2n) is 6.73. The molecule has 0 heterocycles. The van der Waals surface area contributed by atoms with Crippen molar-refractivity contribution in [3.63, 3.8) is 0 Å². The number of rotatable bonds is 4. The van der Waals surface area contributed by atoms with Crippen molar-refractivity contribution >= 4 is 0 Å². The zero-order chi connectivity index (χ0) is 14.3. The Hall–Kier alpha value is -0.960. The zero-order valence-electron chi connectivity index (χ0n) is 12.2. The van der Waals surface area contributed by atoms with Gasteiger partial charge in [-0.2, -0.15) is 0 Å². The van der Waals surface area contributed by atoms with Gasteiger partial charge in [0.25, 0.3) is 0 Å². The second kappa shape index (κ2) is 4.86. The number of hydrogen-bond donors (Lipinski definition) is 1. The van der Waals surface area contributed by atoms with Crippen LogP contribution in [0.3, 0.4) is 0 Å². The van der Waals surface area contributed by atoms with E-state index >= 15 is 0 Å². The summed E-state index contributed by atoms with van der Waals surface area (Å²) in [5.74, 6) is -0.442. The van der Waals surface area contributed by atoms with Crippen LogP contribution in [0.4, 0.5) is 8.78 Å². The summed E-state index contributed by atoms with van der Waals surface area (Å²) >= 11 is 0. The highest BCUT2D eigenvalue weighted by Gasteiger charge is 2.54. The number of benzene rings is 1. The van der Waals surface area contributed by atoms with Crippen LogP contribution in [0.25, 0.3) is 0 Å². The normalized spacial score (nSPS) is 26.5. The quantitative estimate of drug-likeness (QED) is 0.868. The molecule has 2 unspecified atom stereocenters. The molecule has 106 valence electrons. The van der Waals surface area contributed by atoms with Crippen LogP contribution in [-0.4, -0.2) is 12.1 Å². The summed E-state index contributed by atoms with van der Waals surface area (Å²) in [5, 5.41) is 3.48. The summed E-state index contributed by atoms with van der Waals surface area (Å²) in [6.07, 6.45) is 2.05. The molecule has 0 amide bonds. The second-order valence-corrected chi connectivity index (χ2v) is 6.73. The number of hydrogen-bond acceptors (Lipinski definition) is 1. The van der Waals surface area contributed by atoms with E-state index < -0.39 is 11.6 Å². The van der Waals surface area contributed by atoms with Gasteiger partial charge in [0, 0.05) is 23.6 Å². The van der Waals surface area contributed by atoms with E-state index in [4.69, 9.17) is 0 Å². The minimum Gasteiger partial charge on any atom is -0.311 e. The van der Waals surface area contributed by atoms with Gasteiger partial charge in [0.15, 0.2) is 0 Å². The predicted molar refractivity (Wildman–Crippen MR) is 74.2 cm³/mol. The van der Waals surface area contributed by atoms with Crippen molar-refractivity contribution in [1.29, 1.82) is 0 Å². The first-order valence-electron chi connectivity index (χ1n) is 6.98. The minimum atomic E-state index is -0.480. The van der Waals surface area contributed by atoms with E-state index in [2.05, 4.69) is 33.0 Å². The molecule has 1 aliphatic rings. The Bertz CT molecular complexity index is 444. The van der Waals surface area contributed by atoms with Crippen LogP contribution in [0.15, 0.2) is 18.2 Å². The lowest BCUT2D eigenvalue weighted by molar-refractivity contribution is 0.387. The molecule has 0 radical (unpaired) electrons. The van der Waals surface area contributed by atoms with E-state index in [1.807, 2.05) is 0 Å². The summed E-state index contributed by atoms with van der Waals surface area (Å²) in [7, 11) is 0. The van der Waals surface area contributed by atoms with E-state index in [1.165, 1.54) is 12.1 Å². The average molecular weight is 267 g/mol. The van der Waals surface area contributed by atoms with E-state index in [9.17, 15) is 8.78 Å². The molecular formula is C16H23F2N. The summed E-state index contributed by atoms with van der Waals surface area (Å²) in [4.78, 5) is 0. The van der Waals surface area contributed by atoms with Crippen molar-refractivity contribution in [2.24, 2.45) is 5.92 Å². The summed E-state index contributed by atoms with van der Waals surface area (Å²) in [6.45, 7) is 9.24. The topological polar surface area (TPSA) is 12.0 Å². The molecule has 0 aliphatic heterocycles. The van der Waals surface area contributed by atoms with E-state index in [0.29, 0.717) is 5.92 Å². The fourth-order valence-corrected chi connectivity index (χ4v) is 2.85. The third-order valence-corrected chi connectivity index (χ3v) is 4.10. The Kier molecular flexibility index (Phi) is 3.69. The predicted octanol–water partition coefficient (Wildman–Crippen LogP) is 4.02. The SMILES string of the molecule is CCC1CC1(CNC(C)(C)C)c1cc(F)cc(F)c1. The van der Waals surface area contributed by atoms with Gasteiger partial charge in [0.2, 0.25) is 0 Å². The van der Waals surface area contributed by atoms with Gasteiger partial charge in [-0.1, -0.05) is 13.3 Å². The number of halogens is 2. The molecule has 2 rings (SSSR count). The lowest BCUT2D eigenvalue weighted by Crippen LogP contribution is -2.41. The van der Waals surface area contributed by atoms with Gasteiger partial charge in [0.05, 0.1) is 0 Å². The van der Waals surface area contributed by atoms with Crippen LogP contribution < -0.4 is 5.32 Å². The molecule has 1 aromatic carbocycles. The maximum atomic E-state index is 13.4. The maximum absolute atomic E-state index is 13.4. The van der Waals surface area contributed by atoms with Gasteiger partial charge in [-0.15, -0.1) is 0 Å². The van der Waals surface area contributed by atoms with Gasteiger partial charge in [-0.3, -0.25) is 0 Å². The monoisotopic (exact) mass is 267 g/mol. The molecule has 1 nitrogen and oxygen atoms in total. The van der Waals surface area contributed by atoms with Crippen LogP contribution in [0.1, 0.15) is 46.1 Å². The van der Waals surface area contributed by atoms with Crippen molar-refractivity contribution in [3.8, 4) is 0 Å². The Morgan fingerprint density at radius 2 is 1.79 bits per heavy atom. The van der Waals surface area contributed by atoms with Crippen molar-refractivity contribution in [3.05, 3.63) is 35.4 Å². The Balaban J connectivity index is 2.25. The summed E-state index contributed by atoms with van der Waals surface area (Å²) in [6, 6.07) is 3.92. The molecule has 1 saturated carbocycles. The molecule has 1 fully saturated rings. The highest BCUT2D eigenvalue weighted by molar-refractivity contribution is 5.35.